The van der Waals surface area contributed by atoms with Crippen LogP contribution in [0.25, 0.3) is 0 Å². The Hall–Kier alpha value is -3.14. The predicted molar refractivity (Wildman–Crippen MR) is 124 cm³/mol. The van der Waals surface area contributed by atoms with Crippen LogP contribution in [0.5, 0.6) is 0 Å². The van der Waals surface area contributed by atoms with Crippen molar-refractivity contribution < 1.29 is 19.8 Å². The SMILES string of the molecule is O=C(O)C1CC=CCC(C2(c3ccccc3)CC=CCCC2c2ccccc2)C1C(=O)O. The number of rotatable bonds is 5. The lowest BCUT2D eigenvalue weighted by molar-refractivity contribution is -0.157. The van der Waals surface area contributed by atoms with Crippen LogP contribution < -0.4 is 0 Å². The molecule has 0 amide bonds. The summed E-state index contributed by atoms with van der Waals surface area (Å²) in [6, 6.07) is 20.5. The third-order valence-electron chi connectivity index (χ3n) is 7.46. The standard InChI is InChI=1S/C28H30O4/c29-26(30)22-16-9-10-18-24(25(22)27(31)32)28(21-14-6-2-7-15-21)19-11-3-8-17-23(28)20-12-4-1-5-13-20/h1-7,9-15,22-25H,8,16-19H2,(H,29,30)(H,31,32). The molecule has 0 saturated carbocycles. The first-order valence-electron chi connectivity index (χ1n) is 11.4. The number of benzene rings is 2. The maximum Gasteiger partial charge on any atom is 0.307 e. The maximum atomic E-state index is 12.7. The van der Waals surface area contributed by atoms with Gasteiger partial charge in [0, 0.05) is 5.41 Å². The van der Waals surface area contributed by atoms with E-state index in [1.807, 2.05) is 48.6 Å². The highest BCUT2D eigenvalue weighted by atomic mass is 16.4. The summed E-state index contributed by atoms with van der Waals surface area (Å²) in [4.78, 5) is 24.9. The molecule has 0 aromatic heterocycles. The number of carboxylic acid groups (broad SMARTS) is 2. The molecule has 2 aromatic carbocycles. The molecule has 2 N–H and O–H groups in total. The van der Waals surface area contributed by atoms with Gasteiger partial charge >= 0.3 is 11.9 Å². The summed E-state index contributed by atoms with van der Waals surface area (Å²) in [7, 11) is 0. The van der Waals surface area contributed by atoms with E-state index in [1.165, 1.54) is 5.56 Å². The Morgan fingerprint density at radius 2 is 1.44 bits per heavy atom. The van der Waals surface area contributed by atoms with Crippen molar-refractivity contribution in [2.24, 2.45) is 17.8 Å². The molecular weight excluding hydrogens is 400 g/mol. The lowest BCUT2D eigenvalue weighted by Gasteiger charge is -2.49. The average molecular weight is 431 g/mol. The molecule has 0 bridgehead atoms. The molecule has 166 valence electrons. The summed E-state index contributed by atoms with van der Waals surface area (Å²) in [5.41, 5.74) is 1.75. The van der Waals surface area contributed by atoms with E-state index in [2.05, 4.69) is 36.4 Å². The molecule has 0 spiro atoms. The normalized spacial score (nSPS) is 30.2. The van der Waals surface area contributed by atoms with E-state index >= 15 is 0 Å². The largest absolute Gasteiger partial charge is 0.481 e. The van der Waals surface area contributed by atoms with Gasteiger partial charge in [-0.25, -0.2) is 0 Å². The molecule has 32 heavy (non-hydrogen) atoms. The Labute approximate surface area is 189 Å². The lowest BCUT2D eigenvalue weighted by Crippen LogP contribution is -2.48. The van der Waals surface area contributed by atoms with Gasteiger partial charge in [0.15, 0.2) is 0 Å². The summed E-state index contributed by atoms with van der Waals surface area (Å²) in [6.45, 7) is 0. The Balaban J connectivity index is 1.98. The summed E-state index contributed by atoms with van der Waals surface area (Å²) in [5, 5.41) is 20.3. The van der Waals surface area contributed by atoms with Crippen LogP contribution in [-0.2, 0) is 15.0 Å². The maximum absolute atomic E-state index is 12.7. The first kappa shape index (κ1) is 22.1. The Kier molecular flexibility index (Phi) is 6.59. The average Bonchev–Trinajstić information content (AvgIpc) is 3.17. The predicted octanol–water partition coefficient (Wildman–Crippen LogP) is 5.82. The van der Waals surface area contributed by atoms with E-state index in [4.69, 9.17) is 0 Å². The molecule has 0 heterocycles. The lowest BCUT2D eigenvalue weighted by atomic mass is 9.53. The minimum atomic E-state index is -1.03. The molecule has 2 aromatic rings. The van der Waals surface area contributed by atoms with E-state index in [0.29, 0.717) is 12.8 Å². The van der Waals surface area contributed by atoms with E-state index < -0.39 is 29.2 Å². The van der Waals surface area contributed by atoms with E-state index in [1.54, 1.807) is 0 Å². The Morgan fingerprint density at radius 3 is 2.09 bits per heavy atom. The van der Waals surface area contributed by atoms with Gasteiger partial charge in [-0.2, -0.15) is 0 Å². The van der Waals surface area contributed by atoms with Crippen LogP contribution in [-0.4, -0.2) is 22.2 Å². The van der Waals surface area contributed by atoms with E-state index in [-0.39, 0.29) is 18.3 Å². The van der Waals surface area contributed by atoms with Crippen molar-refractivity contribution in [3.05, 3.63) is 96.1 Å². The monoisotopic (exact) mass is 430 g/mol. The molecule has 0 aliphatic heterocycles. The van der Waals surface area contributed by atoms with Gasteiger partial charge in [-0.15, -0.1) is 0 Å². The summed E-state index contributed by atoms with van der Waals surface area (Å²) in [5.74, 6) is -4.23. The third kappa shape index (κ3) is 4.02. The van der Waals surface area contributed by atoms with Crippen LogP contribution in [0.3, 0.4) is 0 Å². The first-order chi connectivity index (χ1) is 15.6. The summed E-state index contributed by atoms with van der Waals surface area (Å²) in [6.07, 6.45) is 11.5. The number of hydrogen-bond donors (Lipinski definition) is 2. The van der Waals surface area contributed by atoms with Gasteiger partial charge in [-0.05, 0) is 55.1 Å². The highest BCUT2D eigenvalue weighted by Crippen LogP contribution is 2.56. The summed E-state index contributed by atoms with van der Waals surface area (Å²) < 4.78 is 0. The molecule has 4 nitrogen and oxygen atoms in total. The molecular formula is C28H30O4. The zero-order valence-electron chi connectivity index (χ0n) is 18.1. The highest BCUT2D eigenvalue weighted by molar-refractivity contribution is 5.81. The molecule has 2 aliphatic carbocycles. The minimum Gasteiger partial charge on any atom is -0.481 e. The molecule has 2 aliphatic rings. The quantitative estimate of drug-likeness (QED) is 0.587. The molecule has 4 rings (SSSR count). The topological polar surface area (TPSA) is 74.6 Å². The molecule has 0 radical (unpaired) electrons. The van der Waals surface area contributed by atoms with Crippen LogP contribution in [0.4, 0.5) is 0 Å². The highest BCUT2D eigenvalue weighted by Gasteiger charge is 2.54. The zero-order chi connectivity index (χ0) is 22.6. The molecule has 4 heteroatoms. The van der Waals surface area contributed by atoms with Crippen LogP contribution >= 0.6 is 0 Å². The van der Waals surface area contributed by atoms with Gasteiger partial charge in [0.2, 0.25) is 0 Å². The minimum absolute atomic E-state index is 0.0777. The van der Waals surface area contributed by atoms with Crippen molar-refractivity contribution in [1.82, 2.24) is 0 Å². The number of aliphatic carboxylic acids is 2. The van der Waals surface area contributed by atoms with Crippen molar-refractivity contribution >= 4 is 11.9 Å². The van der Waals surface area contributed by atoms with Gasteiger partial charge < -0.3 is 10.2 Å². The Morgan fingerprint density at radius 1 is 0.781 bits per heavy atom. The second kappa shape index (κ2) is 9.56. The van der Waals surface area contributed by atoms with Gasteiger partial charge in [-0.3, -0.25) is 9.59 Å². The Bertz CT molecular complexity index is 995. The first-order valence-corrected chi connectivity index (χ1v) is 11.4. The van der Waals surface area contributed by atoms with Gasteiger partial charge in [-0.1, -0.05) is 85.0 Å². The molecule has 5 unspecified atom stereocenters. The van der Waals surface area contributed by atoms with Crippen LogP contribution in [0.1, 0.15) is 49.1 Å². The van der Waals surface area contributed by atoms with Crippen LogP contribution in [0, 0.1) is 17.8 Å². The van der Waals surface area contributed by atoms with Crippen LogP contribution in [0.15, 0.2) is 85.0 Å². The van der Waals surface area contributed by atoms with Crippen LogP contribution in [0.2, 0.25) is 0 Å². The van der Waals surface area contributed by atoms with Crippen molar-refractivity contribution in [2.75, 3.05) is 0 Å². The number of carboxylic acids is 2. The third-order valence-corrected chi connectivity index (χ3v) is 7.46. The van der Waals surface area contributed by atoms with E-state index in [9.17, 15) is 19.8 Å². The molecule has 5 atom stereocenters. The van der Waals surface area contributed by atoms with Crippen molar-refractivity contribution in [3.63, 3.8) is 0 Å². The fourth-order valence-electron chi connectivity index (χ4n) is 6.09. The zero-order valence-corrected chi connectivity index (χ0v) is 18.1. The molecule has 0 saturated heterocycles. The fraction of sp³-hybridized carbons (Fsp3) is 0.357. The second-order valence-electron chi connectivity index (χ2n) is 8.98. The summed E-state index contributed by atoms with van der Waals surface area (Å²) >= 11 is 0. The van der Waals surface area contributed by atoms with E-state index in [0.717, 1.165) is 18.4 Å². The van der Waals surface area contributed by atoms with Crippen molar-refractivity contribution in [2.45, 2.75) is 43.4 Å². The van der Waals surface area contributed by atoms with Crippen molar-refractivity contribution in [1.29, 1.82) is 0 Å². The van der Waals surface area contributed by atoms with Crippen molar-refractivity contribution in [3.8, 4) is 0 Å². The van der Waals surface area contributed by atoms with Gasteiger partial charge in [0.1, 0.15) is 0 Å². The van der Waals surface area contributed by atoms with Gasteiger partial charge in [0.05, 0.1) is 11.8 Å². The smallest absolute Gasteiger partial charge is 0.307 e. The fourth-order valence-corrected chi connectivity index (χ4v) is 6.09. The second-order valence-corrected chi connectivity index (χ2v) is 8.98. The number of carbonyl (C=O) groups is 2. The molecule has 0 fully saturated rings. The number of allylic oxidation sites excluding steroid dienone is 4. The van der Waals surface area contributed by atoms with Gasteiger partial charge in [0.25, 0.3) is 0 Å². The number of hydrogen-bond acceptors (Lipinski definition) is 2.